The van der Waals surface area contributed by atoms with Gasteiger partial charge in [0.05, 0.1) is 21.7 Å². The molecular formula is C19H21NO4S2. The van der Waals surface area contributed by atoms with Gasteiger partial charge in [0, 0.05) is 12.3 Å². The summed E-state index contributed by atoms with van der Waals surface area (Å²) in [6, 6.07) is 12.5. The second-order valence-corrected chi connectivity index (χ2v) is 9.61. The Morgan fingerprint density at radius 3 is 2.50 bits per heavy atom. The van der Waals surface area contributed by atoms with Crippen LogP contribution in [0.15, 0.2) is 47.4 Å². The van der Waals surface area contributed by atoms with E-state index in [1.54, 1.807) is 18.2 Å². The first-order valence-electron chi connectivity index (χ1n) is 8.26. The van der Waals surface area contributed by atoms with Crippen molar-refractivity contribution in [3.05, 3.63) is 47.5 Å². The van der Waals surface area contributed by atoms with Gasteiger partial charge < -0.3 is 9.47 Å². The fourth-order valence-corrected chi connectivity index (χ4v) is 3.95. The average molecular weight is 392 g/mol. The number of rotatable bonds is 7. The number of hydrogen-bond acceptors (Lipinski definition) is 6. The Bertz CT molecular complexity index is 1010. The third-order valence-electron chi connectivity index (χ3n) is 3.58. The van der Waals surface area contributed by atoms with Crippen molar-refractivity contribution < 1.29 is 17.9 Å². The van der Waals surface area contributed by atoms with Crippen LogP contribution >= 0.6 is 11.3 Å². The topological polar surface area (TPSA) is 65.5 Å². The van der Waals surface area contributed by atoms with Crippen molar-refractivity contribution in [1.29, 1.82) is 0 Å². The number of hydrogen-bond donors (Lipinski definition) is 0. The van der Waals surface area contributed by atoms with Gasteiger partial charge in [-0.25, -0.2) is 13.4 Å². The first-order chi connectivity index (χ1) is 12.3. The van der Waals surface area contributed by atoms with Gasteiger partial charge in [0.2, 0.25) is 0 Å². The van der Waals surface area contributed by atoms with Crippen LogP contribution in [0.5, 0.6) is 11.5 Å². The third-order valence-corrected chi connectivity index (χ3v) is 5.69. The first kappa shape index (κ1) is 18.7. The van der Waals surface area contributed by atoms with E-state index in [2.05, 4.69) is 18.8 Å². The van der Waals surface area contributed by atoms with Crippen LogP contribution in [-0.2, 0) is 16.4 Å². The molecule has 0 amide bonds. The maximum absolute atomic E-state index is 11.7. The summed E-state index contributed by atoms with van der Waals surface area (Å²) in [5.74, 6) is 1.94. The predicted molar refractivity (Wildman–Crippen MR) is 104 cm³/mol. The molecule has 1 aromatic heterocycles. The molecule has 0 aliphatic heterocycles. The molecule has 0 aliphatic carbocycles. The molecule has 0 saturated carbocycles. The minimum Gasteiger partial charge on any atom is -0.493 e. The predicted octanol–water partition coefficient (Wildman–Crippen LogP) is 4.31. The highest BCUT2D eigenvalue weighted by Crippen LogP contribution is 2.27. The third kappa shape index (κ3) is 4.74. The number of nitrogens with zero attached hydrogens (tertiary/aromatic N) is 1. The molecule has 5 nitrogen and oxygen atoms in total. The highest BCUT2D eigenvalue weighted by molar-refractivity contribution is 7.90. The van der Waals surface area contributed by atoms with E-state index in [0.717, 1.165) is 21.0 Å². The van der Waals surface area contributed by atoms with Crippen LogP contribution in [0.2, 0.25) is 0 Å². The van der Waals surface area contributed by atoms with E-state index < -0.39 is 9.84 Å². The highest BCUT2D eigenvalue weighted by Gasteiger charge is 2.11. The number of thiazole rings is 1. The van der Waals surface area contributed by atoms with E-state index in [1.807, 2.05) is 24.3 Å². The maximum atomic E-state index is 11.7. The summed E-state index contributed by atoms with van der Waals surface area (Å²) >= 11 is 1.43. The minimum absolute atomic E-state index is 0.302. The van der Waals surface area contributed by atoms with E-state index in [-0.39, 0.29) is 0 Å². The molecule has 0 atom stereocenters. The Balaban J connectivity index is 1.71. The normalized spacial score (nSPS) is 11.8. The number of ether oxygens (including phenoxy) is 2. The zero-order valence-electron chi connectivity index (χ0n) is 14.9. The summed E-state index contributed by atoms with van der Waals surface area (Å²) in [5, 5.41) is 0.791. The van der Waals surface area contributed by atoms with Gasteiger partial charge in [0.1, 0.15) is 23.1 Å². The summed E-state index contributed by atoms with van der Waals surface area (Å²) in [5.41, 5.74) is 0.773. The molecule has 7 heteroatoms. The summed E-state index contributed by atoms with van der Waals surface area (Å²) in [6.45, 7) is 5.18. The highest BCUT2D eigenvalue weighted by atomic mass is 32.2. The second kappa shape index (κ2) is 7.63. The lowest BCUT2D eigenvalue weighted by Crippen LogP contribution is -2.04. The molecule has 0 spiro atoms. The standard InChI is InChI=1S/C19H21NO4S2/c1-13(2)11-23-14-5-4-6-15(9-14)24-12-19-20-17-8-7-16(26(3,21)22)10-18(17)25-19/h4-10,13H,11-12H2,1-3H3. The van der Waals surface area contributed by atoms with Crippen LogP contribution in [0.1, 0.15) is 18.9 Å². The van der Waals surface area contributed by atoms with Gasteiger partial charge in [-0.05, 0) is 36.2 Å². The fraction of sp³-hybridized carbons (Fsp3) is 0.316. The SMILES string of the molecule is CC(C)COc1cccc(OCc2nc3ccc(S(C)(=O)=O)cc3s2)c1. The molecule has 1 heterocycles. The van der Waals surface area contributed by atoms with Gasteiger partial charge in [0.25, 0.3) is 0 Å². The van der Waals surface area contributed by atoms with E-state index in [0.29, 0.717) is 29.8 Å². The van der Waals surface area contributed by atoms with Crippen molar-refractivity contribution in [2.45, 2.75) is 25.3 Å². The molecule has 0 bridgehead atoms. The molecule has 0 saturated heterocycles. The van der Waals surface area contributed by atoms with Gasteiger partial charge in [-0.1, -0.05) is 19.9 Å². The molecular weight excluding hydrogens is 370 g/mol. The van der Waals surface area contributed by atoms with Gasteiger partial charge in [-0.2, -0.15) is 0 Å². The lowest BCUT2D eigenvalue weighted by Gasteiger charge is -2.10. The van der Waals surface area contributed by atoms with Crippen molar-refractivity contribution in [3.63, 3.8) is 0 Å². The molecule has 3 aromatic rings. The van der Waals surface area contributed by atoms with Crippen LogP contribution < -0.4 is 9.47 Å². The molecule has 0 aliphatic rings. The van der Waals surface area contributed by atoms with Crippen LogP contribution in [0.25, 0.3) is 10.2 Å². The zero-order chi connectivity index (χ0) is 18.7. The molecule has 0 radical (unpaired) electrons. The van der Waals surface area contributed by atoms with Gasteiger partial charge >= 0.3 is 0 Å². The van der Waals surface area contributed by atoms with Gasteiger partial charge in [0.15, 0.2) is 9.84 Å². The van der Waals surface area contributed by atoms with E-state index in [9.17, 15) is 8.42 Å². The molecule has 2 aromatic carbocycles. The van der Waals surface area contributed by atoms with E-state index in [1.165, 1.54) is 17.6 Å². The summed E-state index contributed by atoms with van der Waals surface area (Å²) in [6.07, 6.45) is 1.20. The van der Waals surface area contributed by atoms with Crippen LogP contribution in [0.3, 0.4) is 0 Å². The maximum Gasteiger partial charge on any atom is 0.175 e. The van der Waals surface area contributed by atoms with Crippen molar-refractivity contribution in [2.75, 3.05) is 12.9 Å². The molecule has 138 valence electrons. The average Bonchev–Trinajstić information content (AvgIpc) is 3.00. The van der Waals surface area contributed by atoms with E-state index >= 15 is 0 Å². The summed E-state index contributed by atoms with van der Waals surface area (Å²) in [7, 11) is -3.22. The Hall–Kier alpha value is -2.12. The number of fused-ring (bicyclic) bond motifs is 1. The van der Waals surface area contributed by atoms with Gasteiger partial charge in [-0.15, -0.1) is 11.3 Å². The molecule has 0 N–H and O–H groups in total. The number of aromatic nitrogens is 1. The van der Waals surface area contributed by atoms with Crippen molar-refractivity contribution >= 4 is 31.4 Å². The Morgan fingerprint density at radius 1 is 1.08 bits per heavy atom. The fourth-order valence-electron chi connectivity index (χ4n) is 2.31. The molecule has 0 unspecified atom stereocenters. The van der Waals surface area contributed by atoms with Crippen LogP contribution in [0.4, 0.5) is 0 Å². The Kier molecular flexibility index (Phi) is 5.48. The monoisotopic (exact) mass is 391 g/mol. The van der Waals surface area contributed by atoms with Crippen LogP contribution in [-0.4, -0.2) is 26.3 Å². The second-order valence-electron chi connectivity index (χ2n) is 6.48. The lowest BCUT2D eigenvalue weighted by molar-refractivity contribution is 0.266. The van der Waals surface area contributed by atoms with E-state index in [4.69, 9.17) is 9.47 Å². The number of benzene rings is 2. The van der Waals surface area contributed by atoms with Crippen molar-refractivity contribution in [3.8, 4) is 11.5 Å². The zero-order valence-corrected chi connectivity index (χ0v) is 16.6. The lowest BCUT2D eigenvalue weighted by atomic mass is 10.2. The summed E-state index contributed by atoms with van der Waals surface area (Å²) < 4.78 is 35.7. The smallest absolute Gasteiger partial charge is 0.175 e. The molecule has 3 rings (SSSR count). The Morgan fingerprint density at radius 2 is 1.81 bits per heavy atom. The number of sulfone groups is 1. The quantitative estimate of drug-likeness (QED) is 0.600. The molecule has 26 heavy (non-hydrogen) atoms. The first-order valence-corrected chi connectivity index (χ1v) is 11.0. The minimum atomic E-state index is -3.22. The molecule has 0 fully saturated rings. The van der Waals surface area contributed by atoms with Crippen LogP contribution in [0, 0.1) is 5.92 Å². The summed E-state index contributed by atoms with van der Waals surface area (Å²) in [4.78, 5) is 4.80. The van der Waals surface area contributed by atoms with Gasteiger partial charge in [-0.3, -0.25) is 0 Å². The van der Waals surface area contributed by atoms with Crippen molar-refractivity contribution in [2.24, 2.45) is 5.92 Å². The van der Waals surface area contributed by atoms with Crippen molar-refractivity contribution in [1.82, 2.24) is 4.98 Å². The Labute approximate surface area is 157 Å². The largest absolute Gasteiger partial charge is 0.493 e.